The minimum Gasteiger partial charge on any atom is -0.497 e. The van der Waals surface area contributed by atoms with Crippen molar-refractivity contribution in [3.05, 3.63) is 60.2 Å². The number of anilines is 1. The molecule has 0 atom stereocenters. The first-order valence-electron chi connectivity index (χ1n) is 7.42. The molecule has 0 aliphatic rings. The summed E-state index contributed by atoms with van der Waals surface area (Å²) in [5.41, 5.74) is 2.11. The number of methoxy groups -OCH3 is 1. The smallest absolute Gasteiger partial charge is 0.239 e. The van der Waals surface area contributed by atoms with Gasteiger partial charge in [-0.2, -0.15) is 0 Å². The number of rotatable bonds is 7. The maximum atomic E-state index is 12.1. The number of hydrogen-bond acceptors (Lipinski definition) is 3. The summed E-state index contributed by atoms with van der Waals surface area (Å²) in [6, 6.07) is 17.7. The van der Waals surface area contributed by atoms with Crippen molar-refractivity contribution >= 4 is 11.6 Å². The molecule has 0 bridgehead atoms. The molecule has 0 fully saturated rings. The molecule has 116 valence electrons. The quantitative estimate of drug-likeness (QED) is 0.854. The zero-order chi connectivity index (χ0) is 15.8. The highest BCUT2D eigenvalue weighted by Crippen LogP contribution is 2.13. The van der Waals surface area contributed by atoms with Crippen LogP contribution in [0, 0.1) is 0 Å². The van der Waals surface area contributed by atoms with Gasteiger partial charge in [-0.15, -0.1) is 0 Å². The third kappa shape index (κ3) is 4.52. The average Bonchev–Trinajstić information content (AvgIpc) is 2.59. The minimum atomic E-state index is 0.0153. The number of carbonyl (C=O) groups excluding carboxylic acids is 1. The van der Waals surface area contributed by atoms with E-state index >= 15 is 0 Å². The normalized spacial score (nSPS) is 10.1. The molecular weight excluding hydrogens is 276 g/mol. The highest BCUT2D eigenvalue weighted by Gasteiger charge is 2.09. The lowest BCUT2D eigenvalue weighted by Crippen LogP contribution is -2.36. The molecule has 22 heavy (non-hydrogen) atoms. The lowest BCUT2D eigenvalue weighted by molar-refractivity contribution is -0.119. The van der Waals surface area contributed by atoms with Gasteiger partial charge in [-0.3, -0.25) is 4.79 Å². The van der Waals surface area contributed by atoms with Gasteiger partial charge in [0.15, 0.2) is 0 Å². The molecule has 0 aliphatic carbocycles. The molecular formula is C18H22N2O2. The number of nitrogens with zero attached hydrogens (tertiary/aromatic N) is 1. The first-order chi connectivity index (χ1) is 10.7. The van der Waals surface area contributed by atoms with Crippen molar-refractivity contribution in [2.24, 2.45) is 0 Å². The van der Waals surface area contributed by atoms with Crippen LogP contribution in [0.1, 0.15) is 12.5 Å². The van der Waals surface area contributed by atoms with Gasteiger partial charge in [0.25, 0.3) is 0 Å². The second-order valence-electron chi connectivity index (χ2n) is 4.97. The lowest BCUT2D eigenvalue weighted by Gasteiger charge is -2.22. The Morgan fingerprint density at radius 1 is 1.09 bits per heavy atom. The first-order valence-corrected chi connectivity index (χ1v) is 7.42. The summed E-state index contributed by atoms with van der Waals surface area (Å²) in [4.78, 5) is 14.1. The molecule has 1 N–H and O–H groups in total. The first kappa shape index (κ1) is 15.9. The number of hydrogen-bond donors (Lipinski definition) is 1. The van der Waals surface area contributed by atoms with E-state index in [2.05, 4.69) is 5.32 Å². The largest absolute Gasteiger partial charge is 0.497 e. The topological polar surface area (TPSA) is 41.6 Å². The van der Waals surface area contributed by atoms with E-state index in [0.717, 1.165) is 23.5 Å². The Kier molecular flexibility index (Phi) is 5.83. The summed E-state index contributed by atoms with van der Waals surface area (Å²) in [6.45, 7) is 3.72. The third-order valence-corrected chi connectivity index (χ3v) is 3.49. The Balaban J connectivity index is 1.86. The highest BCUT2D eigenvalue weighted by atomic mass is 16.5. The molecule has 0 saturated heterocycles. The molecule has 0 aliphatic heterocycles. The van der Waals surface area contributed by atoms with E-state index in [-0.39, 0.29) is 5.91 Å². The summed E-state index contributed by atoms with van der Waals surface area (Å²) in [5, 5.41) is 2.95. The van der Waals surface area contributed by atoms with Crippen molar-refractivity contribution in [3.8, 4) is 5.75 Å². The van der Waals surface area contributed by atoms with E-state index in [4.69, 9.17) is 4.74 Å². The zero-order valence-electron chi connectivity index (χ0n) is 13.1. The van der Waals surface area contributed by atoms with Crippen LogP contribution in [0.2, 0.25) is 0 Å². The van der Waals surface area contributed by atoms with Crippen LogP contribution in [0.5, 0.6) is 5.75 Å². The summed E-state index contributed by atoms with van der Waals surface area (Å²) >= 11 is 0. The standard InChI is InChI=1S/C18H22N2O2/c1-3-20(16-7-5-4-6-8-16)14-18(21)19-13-15-9-11-17(22-2)12-10-15/h4-12H,3,13-14H2,1-2H3,(H,19,21). The van der Waals surface area contributed by atoms with Gasteiger partial charge in [0.2, 0.25) is 5.91 Å². The molecule has 2 aromatic rings. The maximum Gasteiger partial charge on any atom is 0.239 e. The number of likely N-dealkylation sites (N-methyl/N-ethyl adjacent to an activating group) is 1. The third-order valence-electron chi connectivity index (χ3n) is 3.49. The van der Waals surface area contributed by atoms with E-state index in [1.54, 1.807) is 7.11 Å². The molecule has 0 aromatic heterocycles. The Morgan fingerprint density at radius 3 is 2.36 bits per heavy atom. The minimum absolute atomic E-state index is 0.0153. The Labute approximate surface area is 131 Å². The van der Waals surface area contributed by atoms with Crippen molar-refractivity contribution in [2.75, 3.05) is 25.1 Å². The van der Waals surface area contributed by atoms with Crippen LogP contribution in [0.15, 0.2) is 54.6 Å². The predicted molar refractivity (Wildman–Crippen MR) is 89.2 cm³/mol. The average molecular weight is 298 g/mol. The number of carbonyl (C=O) groups is 1. The van der Waals surface area contributed by atoms with Gasteiger partial charge in [0, 0.05) is 18.8 Å². The summed E-state index contributed by atoms with van der Waals surface area (Å²) in [7, 11) is 1.64. The van der Waals surface area contributed by atoms with Crippen LogP contribution in [-0.2, 0) is 11.3 Å². The van der Waals surface area contributed by atoms with Crippen LogP contribution >= 0.6 is 0 Å². The molecule has 4 nitrogen and oxygen atoms in total. The lowest BCUT2D eigenvalue weighted by atomic mass is 10.2. The van der Waals surface area contributed by atoms with E-state index < -0.39 is 0 Å². The molecule has 2 aromatic carbocycles. The van der Waals surface area contributed by atoms with Crippen LogP contribution < -0.4 is 15.0 Å². The van der Waals surface area contributed by atoms with Crippen molar-refractivity contribution in [1.82, 2.24) is 5.32 Å². The second kappa shape index (κ2) is 8.08. The summed E-state index contributed by atoms with van der Waals surface area (Å²) in [5.74, 6) is 0.831. The van der Waals surface area contributed by atoms with Gasteiger partial charge in [-0.25, -0.2) is 0 Å². The van der Waals surface area contributed by atoms with E-state index in [1.807, 2.05) is 66.4 Å². The number of benzene rings is 2. The fraction of sp³-hybridized carbons (Fsp3) is 0.278. The van der Waals surface area contributed by atoms with Crippen LogP contribution in [0.4, 0.5) is 5.69 Å². The molecule has 1 amide bonds. The second-order valence-corrected chi connectivity index (χ2v) is 4.97. The molecule has 0 spiro atoms. The predicted octanol–water partition coefficient (Wildman–Crippen LogP) is 2.84. The van der Waals surface area contributed by atoms with Crippen molar-refractivity contribution < 1.29 is 9.53 Å². The zero-order valence-corrected chi connectivity index (χ0v) is 13.1. The van der Waals surface area contributed by atoms with Gasteiger partial charge in [-0.05, 0) is 36.8 Å². The monoisotopic (exact) mass is 298 g/mol. The van der Waals surface area contributed by atoms with Gasteiger partial charge in [0.05, 0.1) is 13.7 Å². The van der Waals surface area contributed by atoms with Crippen LogP contribution in [0.3, 0.4) is 0 Å². The Hall–Kier alpha value is -2.49. The SMILES string of the molecule is CCN(CC(=O)NCc1ccc(OC)cc1)c1ccccc1. The van der Waals surface area contributed by atoms with Gasteiger partial charge < -0.3 is 15.0 Å². The van der Waals surface area contributed by atoms with E-state index in [1.165, 1.54) is 0 Å². The number of amides is 1. The number of nitrogens with one attached hydrogen (secondary N) is 1. The Morgan fingerprint density at radius 2 is 1.77 bits per heavy atom. The Bertz CT molecular complexity index is 582. The van der Waals surface area contributed by atoms with E-state index in [9.17, 15) is 4.79 Å². The molecule has 0 saturated carbocycles. The summed E-state index contributed by atoms with van der Waals surface area (Å²) in [6.07, 6.45) is 0. The molecule has 2 rings (SSSR count). The van der Waals surface area contributed by atoms with Gasteiger partial charge in [0.1, 0.15) is 5.75 Å². The van der Waals surface area contributed by atoms with E-state index in [0.29, 0.717) is 13.1 Å². The van der Waals surface area contributed by atoms with Gasteiger partial charge in [-0.1, -0.05) is 30.3 Å². The molecule has 4 heteroatoms. The van der Waals surface area contributed by atoms with Crippen molar-refractivity contribution in [2.45, 2.75) is 13.5 Å². The van der Waals surface area contributed by atoms with Crippen LogP contribution in [0.25, 0.3) is 0 Å². The van der Waals surface area contributed by atoms with Gasteiger partial charge >= 0.3 is 0 Å². The van der Waals surface area contributed by atoms with Crippen molar-refractivity contribution in [1.29, 1.82) is 0 Å². The summed E-state index contributed by atoms with van der Waals surface area (Å²) < 4.78 is 5.12. The fourth-order valence-electron chi connectivity index (χ4n) is 2.20. The molecule has 0 unspecified atom stereocenters. The maximum absolute atomic E-state index is 12.1. The molecule has 0 heterocycles. The highest BCUT2D eigenvalue weighted by molar-refractivity contribution is 5.81. The number of para-hydroxylation sites is 1. The number of ether oxygens (including phenoxy) is 1. The van der Waals surface area contributed by atoms with Crippen molar-refractivity contribution in [3.63, 3.8) is 0 Å². The fourth-order valence-corrected chi connectivity index (χ4v) is 2.20. The van der Waals surface area contributed by atoms with Crippen LogP contribution in [-0.4, -0.2) is 26.1 Å². The molecule has 0 radical (unpaired) electrons.